The van der Waals surface area contributed by atoms with Crippen molar-refractivity contribution < 1.29 is 19.7 Å². The van der Waals surface area contributed by atoms with Crippen LogP contribution in [-0.2, 0) is 9.53 Å². The fourth-order valence-corrected chi connectivity index (χ4v) is 2.85. The highest BCUT2D eigenvalue weighted by molar-refractivity contribution is 5.76. The van der Waals surface area contributed by atoms with Crippen molar-refractivity contribution in [2.75, 3.05) is 26.3 Å². The van der Waals surface area contributed by atoms with Crippen LogP contribution < -0.4 is 5.32 Å². The largest absolute Gasteiger partial charge is 0.481 e. The number of aliphatic hydroxyl groups is 1. The summed E-state index contributed by atoms with van der Waals surface area (Å²) in [6, 6.07) is 0. The molecule has 3 N–H and O–H groups in total. The number of aliphatic carboxylic acids is 1. The zero-order valence-corrected chi connectivity index (χ0v) is 9.37. The predicted molar refractivity (Wildman–Crippen MR) is 57.2 cm³/mol. The van der Waals surface area contributed by atoms with Gasteiger partial charge in [-0.15, -0.1) is 0 Å². The van der Waals surface area contributed by atoms with Gasteiger partial charge in [0.15, 0.2) is 0 Å². The van der Waals surface area contributed by atoms with Crippen LogP contribution in [0.5, 0.6) is 0 Å². The minimum absolute atomic E-state index is 0.138. The first-order valence-electron chi connectivity index (χ1n) is 5.85. The normalized spacial score (nSPS) is 34.6. The molecule has 0 aliphatic carbocycles. The van der Waals surface area contributed by atoms with Crippen molar-refractivity contribution in [3.63, 3.8) is 0 Å². The fourth-order valence-electron chi connectivity index (χ4n) is 2.85. The lowest BCUT2D eigenvalue weighted by Crippen LogP contribution is -2.61. The average molecular weight is 229 g/mol. The summed E-state index contributed by atoms with van der Waals surface area (Å²) in [4.78, 5) is 11.5. The number of hydrogen-bond donors (Lipinski definition) is 3. The Balaban J connectivity index is 2.26. The number of hydrogen-bond acceptors (Lipinski definition) is 4. The monoisotopic (exact) mass is 229 g/mol. The van der Waals surface area contributed by atoms with E-state index in [0.29, 0.717) is 45.4 Å². The highest BCUT2D eigenvalue weighted by Gasteiger charge is 2.56. The molecule has 0 saturated carbocycles. The molecule has 2 fully saturated rings. The molecule has 2 aliphatic rings. The number of carboxylic acids is 1. The zero-order chi connectivity index (χ0) is 11.6. The summed E-state index contributed by atoms with van der Waals surface area (Å²) in [5, 5.41) is 23.2. The fraction of sp³-hybridized carbons (Fsp3) is 0.909. The van der Waals surface area contributed by atoms with E-state index < -0.39 is 17.0 Å². The van der Waals surface area contributed by atoms with Crippen LogP contribution in [0.1, 0.15) is 25.7 Å². The molecule has 0 spiro atoms. The van der Waals surface area contributed by atoms with Crippen molar-refractivity contribution in [1.82, 2.24) is 5.32 Å². The number of carbonyl (C=O) groups is 1. The topological polar surface area (TPSA) is 78.8 Å². The van der Waals surface area contributed by atoms with Gasteiger partial charge in [0.1, 0.15) is 5.41 Å². The van der Waals surface area contributed by atoms with Gasteiger partial charge in [0, 0.05) is 6.61 Å². The molecule has 2 aliphatic heterocycles. The zero-order valence-electron chi connectivity index (χ0n) is 9.37. The second-order valence-electron chi connectivity index (χ2n) is 4.82. The maximum atomic E-state index is 11.5. The van der Waals surface area contributed by atoms with Gasteiger partial charge in [-0.1, -0.05) is 0 Å². The lowest BCUT2D eigenvalue weighted by atomic mass is 9.64. The van der Waals surface area contributed by atoms with Gasteiger partial charge in [0.25, 0.3) is 0 Å². The van der Waals surface area contributed by atoms with E-state index in [-0.39, 0.29) is 6.61 Å². The van der Waals surface area contributed by atoms with Gasteiger partial charge in [0.2, 0.25) is 0 Å². The van der Waals surface area contributed by atoms with Crippen LogP contribution in [0.3, 0.4) is 0 Å². The lowest BCUT2D eigenvalue weighted by Gasteiger charge is -2.48. The number of ether oxygens (including phenoxy) is 1. The number of carboxylic acid groups (broad SMARTS) is 1. The van der Waals surface area contributed by atoms with E-state index >= 15 is 0 Å². The molecule has 2 rings (SSSR count). The molecule has 1 atom stereocenters. The summed E-state index contributed by atoms with van der Waals surface area (Å²) in [6.45, 7) is 2.08. The summed E-state index contributed by atoms with van der Waals surface area (Å²) in [6.07, 6.45) is 2.20. The van der Waals surface area contributed by atoms with Crippen LogP contribution >= 0.6 is 0 Å². The van der Waals surface area contributed by atoms with Gasteiger partial charge in [-0.25, -0.2) is 0 Å². The van der Waals surface area contributed by atoms with Gasteiger partial charge >= 0.3 is 5.97 Å². The molecule has 5 heteroatoms. The standard InChI is InChI=1S/C11H19NO4/c13-9(14)10(2-1-7-16-8-10)11(15)3-5-12-6-4-11/h12,15H,1-8H2,(H,13,14). The first kappa shape index (κ1) is 11.8. The Morgan fingerprint density at radius 3 is 2.44 bits per heavy atom. The number of nitrogens with one attached hydrogen (secondary N) is 1. The van der Waals surface area contributed by atoms with E-state index in [9.17, 15) is 15.0 Å². The molecule has 5 nitrogen and oxygen atoms in total. The molecular formula is C11H19NO4. The number of rotatable bonds is 2. The van der Waals surface area contributed by atoms with Gasteiger partial charge in [-0.05, 0) is 38.8 Å². The van der Waals surface area contributed by atoms with E-state index in [1.807, 2.05) is 0 Å². The number of piperidine rings is 1. The highest BCUT2D eigenvalue weighted by Crippen LogP contribution is 2.44. The van der Waals surface area contributed by atoms with E-state index in [0.717, 1.165) is 0 Å². The predicted octanol–water partition coefficient (Wildman–Crippen LogP) is -0.0177. The Morgan fingerprint density at radius 2 is 1.94 bits per heavy atom. The molecule has 2 saturated heterocycles. The molecule has 0 amide bonds. The van der Waals surface area contributed by atoms with Crippen LogP contribution in [0.15, 0.2) is 0 Å². The minimum atomic E-state index is -1.12. The Bertz CT molecular complexity index is 267. The van der Waals surface area contributed by atoms with Crippen LogP contribution in [0.2, 0.25) is 0 Å². The van der Waals surface area contributed by atoms with Gasteiger partial charge < -0.3 is 20.3 Å². The Labute approximate surface area is 94.8 Å². The third-order valence-electron chi connectivity index (χ3n) is 3.97. The van der Waals surface area contributed by atoms with Crippen molar-refractivity contribution in [3.8, 4) is 0 Å². The first-order chi connectivity index (χ1) is 7.61. The molecule has 2 heterocycles. The molecule has 0 radical (unpaired) electrons. The van der Waals surface area contributed by atoms with Crippen LogP contribution in [0, 0.1) is 5.41 Å². The summed E-state index contributed by atoms with van der Waals surface area (Å²) in [5.41, 5.74) is -2.22. The highest BCUT2D eigenvalue weighted by atomic mass is 16.5. The maximum absolute atomic E-state index is 11.5. The average Bonchev–Trinajstić information content (AvgIpc) is 2.30. The summed E-state index contributed by atoms with van der Waals surface area (Å²) in [5.74, 6) is -0.920. The summed E-state index contributed by atoms with van der Waals surface area (Å²) >= 11 is 0. The minimum Gasteiger partial charge on any atom is -0.481 e. The molecule has 92 valence electrons. The Hall–Kier alpha value is -0.650. The lowest BCUT2D eigenvalue weighted by molar-refractivity contribution is -0.194. The van der Waals surface area contributed by atoms with Crippen molar-refractivity contribution >= 4 is 5.97 Å². The Morgan fingerprint density at radius 1 is 1.25 bits per heavy atom. The van der Waals surface area contributed by atoms with Gasteiger partial charge in [-0.3, -0.25) is 4.79 Å². The van der Waals surface area contributed by atoms with Crippen LogP contribution in [-0.4, -0.2) is 48.1 Å². The second kappa shape index (κ2) is 4.31. The molecule has 0 aromatic heterocycles. The van der Waals surface area contributed by atoms with Crippen molar-refractivity contribution in [2.45, 2.75) is 31.3 Å². The van der Waals surface area contributed by atoms with Crippen molar-refractivity contribution in [2.24, 2.45) is 5.41 Å². The Kier molecular flexibility index (Phi) is 3.19. The third kappa shape index (κ3) is 1.73. The maximum Gasteiger partial charge on any atom is 0.314 e. The van der Waals surface area contributed by atoms with Crippen molar-refractivity contribution in [1.29, 1.82) is 0 Å². The molecule has 0 bridgehead atoms. The quantitative estimate of drug-likeness (QED) is 0.620. The van der Waals surface area contributed by atoms with Crippen molar-refractivity contribution in [3.05, 3.63) is 0 Å². The third-order valence-corrected chi connectivity index (χ3v) is 3.97. The second-order valence-corrected chi connectivity index (χ2v) is 4.82. The van der Waals surface area contributed by atoms with Crippen LogP contribution in [0.4, 0.5) is 0 Å². The molecule has 1 unspecified atom stereocenters. The first-order valence-corrected chi connectivity index (χ1v) is 5.85. The smallest absolute Gasteiger partial charge is 0.314 e. The van der Waals surface area contributed by atoms with Gasteiger partial charge in [-0.2, -0.15) is 0 Å². The molecule has 0 aromatic carbocycles. The van der Waals surface area contributed by atoms with Gasteiger partial charge in [0.05, 0.1) is 12.2 Å². The SMILES string of the molecule is O=C(O)C1(C2(O)CCNCC2)CCCOC1. The molecule has 16 heavy (non-hydrogen) atoms. The summed E-state index contributed by atoms with van der Waals surface area (Å²) in [7, 11) is 0. The van der Waals surface area contributed by atoms with E-state index in [1.54, 1.807) is 0 Å². The van der Waals surface area contributed by atoms with E-state index in [2.05, 4.69) is 5.32 Å². The summed E-state index contributed by atoms with van der Waals surface area (Å²) < 4.78 is 5.30. The van der Waals surface area contributed by atoms with Crippen LogP contribution in [0.25, 0.3) is 0 Å². The van der Waals surface area contributed by atoms with E-state index in [4.69, 9.17) is 4.74 Å². The van der Waals surface area contributed by atoms with E-state index in [1.165, 1.54) is 0 Å². The molecule has 0 aromatic rings. The molecular weight excluding hydrogens is 210 g/mol.